The first kappa shape index (κ1) is 17.0. The van der Waals surface area contributed by atoms with Gasteiger partial charge < -0.3 is 20.6 Å². The van der Waals surface area contributed by atoms with Crippen LogP contribution in [0.5, 0.6) is 0 Å². The summed E-state index contributed by atoms with van der Waals surface area (Å²) in [5, 5.41) is 14.4. The zero-order chi connectivity index (χ0) is 16.0. The van der Waals surface area contributed by atoms with E-state index in [0.29, 0.717) is 23.8 Å². The smallest absolute Gasteiger partial charge is 0.336 e. The van der Waals surface area contributed by atoms with Gasteiger partial charge in [0.05, 0.1) is 5.56 Å². The van der Waals surface area contributed by atoms with E-state index >= 15 is 0 Å². The average molecular weight is 293 g/mol. The number of nitrogens with zero attached hydrogens (tertiary/aromatic N) is 1. The van der Waals surface area contributed by atoms with Crippen LogP contribution < -0.4 is 10.6 Å². The predicted octanol–water partition coefficient (Wildman–Crippen LogP) is 2.15. The van der Waals surface area contributed by atoms with E-state index in [1.54, 1.807) is 19.1 Å². The zero-order valence-corrected chi connectivity index (χ0v) is 12.9. The van der Waals surface area contributed by atoms with Crippen molar-refractivity contribution in [2.45, 2.75) is 26.8 Å². The quantitative estimate of drug-likeness (QED) is 0.750. The van der Waals surface area contributed by atoms with Crippen LogP contribution in [0.2, 0.25) is 0 Å². The molecule has 1 rings (SSSR count). The second-order valence-electron chi connectivity index (χ2n) is 5.29. The molecule has 0 saturated heterocycles. The number of carbonyl (C=O) groups is 2. The number of hydrogen-bond acceptors (Lipinski definition) is 3. The summed E-state index contributed by atoms with van der Waals surface area (Å²) < 4.78 is 0. The van der Waals surface area contributed by atoms with Crippen LogP contribution >= 0.6 is 0 Å². The van der Waals surface area contributed by atoms with Crippen LogP contribution in [0.15, 0.2) is 18.2 Å². The van der Waals surface area contributed by atoms with E-state index in [2.05, 4.69) is 29.4 Å². The Balaban J connectivity index is 2.52. The molecule has 0 heterocycles. The fourth-order valence-corrected chi connectivity index (χ4v) is 1.71. The molecule has 1 aromatic rings. The number of carboxylic acids is 1. The van der Waals surface area contributed by atoms with Gasteiger partial charge in [-0.05, 0) is 45.5 Å². The molecule has 6 nitrogen and oxygen atoms in total. The van der Waals surface area contributed by atoms with Gasteiger partial charge in [0, 0.05) is 24.8 Å². The van der Waals surface area contributed by atoms with Crippen molar-refractivity contribution in [3.05, 3.63) is 29.3 Å². The lowest BCUT2D eigenvalue weighted by molar-refractivity contribution is 0.0696. The molecule has 21 heavy (non-hydrogen) atoms. The number of aryl methyl sites for hydroxylation is 1. The van der Waals surface area contributed by atoms with Crippen LogP contribution in [-0.4, -0.2) is 48.2 Å². The number of likely N-dealkylation sites (N-methyl/N-ethyl adjacent to an activating group) is 1. The number of carbonyl (C=O) groups excluding carboxylic acids is 1. The number of anilines is 1. The summed E-state index contributed by atoms with van der Waals surface area (Å²) in [6.07, 6.45) is 0. The number of rotatable bonds is 6. The Hall–Kier alpha value is -2.08. The minimum absolute atomic E-state index is 0.187. The summed E-state index contributed by atoms with van der Waals surface area (Å²) in [7, 11) is 1.99. The second-order valence-corrected chi connectivity index (χ2v) is 5.29. The largest absolute Gasteiger partial charge is 0.478 e. The molecule has 0 spiro atoms. The predicted molar refractivity (Wildman–Crippen MR) is 82.9 cm³/mol. The van der Waals surface area contributed by atoms with Gasteiger partial charge in [0.1, 0.15) is 0 Å². The third-order valence-corrected chi connectivity index (χ3v) is 3.36. The summed E-state index contributed by atoms with van der Waals surface area (Å²) in [5.74, 6) is -1.00. The van der Waals surface area contributed by atoms with Crippen molar-refractivity contribution in [2.24, 2.45) is 0 Å². The maximum Gasteiger partial charge on any atom is 0.336 e. The maximum absolute atomic E-state index is 11.7. The van der Waals surface area contributed by atoms with Gasteiger partial charge in [0.15, 0.2) is 0 Å². The van der Waals surface area contributed by atoms with E-state index < -0.39 is 5.97 Å². The van der Waals surface area contributed by atoms with E-state index in [1.807, 2.05) is 7.05 Å². The number of amides is 2. The first-order valence-corrected chi connectivity index (χ1v) is 6.90. The third-order valence-electron chi connectivity index (χ3n) is 3.36. The molecule has 6 heteroatoms. The number of urea groups is 1. The molecule has 1 aromatic carbocycles. The molecule has 116 valence electrons. The first-order chi connectivity index (χ1) is 9.81. The Kier molecular flexibility index (Phi) is 6.17. The summed E-state index contributed by atoms with van der Waals surface area (Å²) in [6, 6.07) is 4.89. The van der Waals surface area contributed by atoms with E-state index in [0.717, 1.165) is 6.54 Å². The van der Waals surface area contributed by atoms with Gasteiger partial charge in [-0.2, -0.15) is 0 Å². The third kappa shape index (κ3) is 5.43. The van der Waals surface area contributed by atoms with Gasteiger partial charge in [0.2, 0.25) is 0 Å². The van der Waals surface area contributed by atoms with Crippen LogP contribution in [0.3, 0.4) is 0 Å². The minimum Gasteiger partial charge on any atom is -0.478 e. The molecule has 0 fully saturated rings. The molecule has 2 amide bonds. The highest BCUT2D eigenvalue weighted by atomic mass is 16.4. The van der Waals surface area contributed by atoms with E-state index in [9.17, 15) is 9.59 Å². The SMILES string of the molecule is Cc1ccc(NC(=O)NCCN(C)C(C)C)cc1C(=O)O. The van der Waals surface area contributed by atoms with Gasteiger partial charge >= 0.3 is 12.0 Å². The second kappa shape index (κ2) is 7.64. The highest BCUT2D eigenvalue weighted by Gasteiger charge is 2.09. The van der Waals surface area contributed by atoms with Gasteiger partial charge in [-0.15, -0.1) is 0 Å². The lowest BCUT2D eigenvalue weighted by Gasteiger charge is -2.20. The van der Waals surface area contributed by atoms with Gasteiger partial charge in [-0.25, -0.2) is 9.59 Å². The minimum atomic E-state index is -1.00. The standard InChI is InChI=1S/C15H23N3O3/c1-10(2)18(4)8-7-16-15(21)17-12-6-5-11(3)13(9-12)14(19)20/h5-6,9-10H,7-8H2,1-4H3,(H,19,20)(H2,16,17,21). The highest BCUT2D eigenvalue weighted by Crippen LogP contribution is 2.15. The van der Waals surface area contributed by atoms with Gasteiger partial charge in [-0.1, -0.05) is 6.07 Å². The maximum atomic E-state index is 11.7. The Morgan fingerprint density at radius 3 is 2.57 bits per heavy atom. The number of aromatic carboxylic acids is 1. The molecule has 0 bridgehead atoms. The molecule has 0 aliphatic carbocycles. The van der Waals surface area contributed by atoms with E-state index in [4.69, 9.17) is 5.11 Å². The Bertz CT molecular complexity index is 515. The Morgan fingerprint density at radius 2 is 2.00 bits per heavy atom. The van der Waals surface area contributed by atoms with Crippen LogP contribution in [0.4, 0.5) is 10.5 Å². The van der Waals surface area contributed by atoms with Crippen molar-refractivity contribution in [3.8, 4) is 0 Å². The van der Waals surface area contributed by atoms with Crippen molar-refractivity contribution < 1.29 is 14.7 Å². The summed E-state index contributed by atoms with van der Waals surface area (Å²) in [4.78, 5) is 24.9. The van der Waals surface area contributed by atoms with Crippen molar-refractivity contribution in [1.82, 2.24) is 10.2 Å². The monoisotopic (exact) mass is 293 g/mol. The normalized spacial score (nSPS) is 10.8. The first-order valence-electron chi connectivity index (χ1n) is 6.90. The van der Waals surface area contributed by atoms with E-state index in [-0.39, 0.29) is 11.6 Å². The zero-order valence-electron chi connectivity index (χ0n) is 12.9. The Morgan fingerprint density at radius 1 is 1.33 bits per heavy atom. The fourth-order valence-electron chi connectivity index (χ4n) is 1.71. The molecule has 0 aliphatic rings. The number of benzene rings is 1. The average Bonchev–Trinajstić information content (AvgIpc) is 2.40. The van der Waals surface area contributed by atoms with Crippen LogP contribution in [-0.2, 0) is 0 Å². The molecule has 3 N–H and O–H groups in total. The summed E-state index contributed by atoms with van der Waals surface area (Å²) in [5.41, 5.74) is 1.31. The molecule has 0 atom stereocenters. The van der Waals surface area contributed by atoms with Crippen molar-refractivity contribution >= 4 is 17.7 Å². The lowest BCUT2D eigenvalue weighted by atomic mass is 10.1. The molecule has 0 saturated carbocycles. The molecule has 0 aromatic heterocycles. The van der Waals surface area contributed by atoms with Crippen molar-refractivity contribution in [2.75, 3.05) is 25.5 Å². The molecule has 0 aliphatic heterocycles. The van der Waals surface area contributed by atoms with Gasteiger partial charge in [0.25, 0.3) is 0 Å². The lowest BCUT2D eigenvalue weighted by Crippen LogP contribution is -2.37. The van der Waals surface area contributed by atoms with Crippen LogP contribution in [0.25, 0.3) is 0 Å². The van der Waals surface area contributed by atoms with Crippen molar-refractivity contribution in [3.63, 3.8) is 0 Å². The number of hydrogen-bond donors (Lipinski definition) is 3. The van der Waals surface area contributed by atoms with Crippen LogP contribution in [0.1, 0.15) is 29.8 Å². The summed E-state index contributed by atoms with van der Waals surface area (Å²) >= 11 is 0. The van der Waals surface area contributed by atoms with Crippen molar-refractivity contribution in [1.29, 1.82) is 0 Å². The molecule has 0 unspecified atom stereocenters. The van der Waals surface area contributed by atoms with Gasteiger partial charge in [-0.3, -0.25) is 0 Å². The number of nitrogens with one attached hydrogen (secondary N) is 2. The highest BCUT2D eigenvalue weighted by molar-refractivity contribution is 5.94. The fraction of sp³-hybridized carbons (Fsp3) is 0.467. The van der Waals surface area contributed by atoms with E-state index in [1.165, 1.54) is 6.07 Å². The summed E-state index contributed by atoms with van der Waals surface area (Å²) in [6.45, 7) is 7.16. The molecule has 0 radical (unpaired) electrons. The molecular formula is C15H23N3O3. The Labute approximate surface area is 125 Å². The topological polar surface area (TPSA) is 81.7 Å². The number of carboxylic acid groups (broad SMARTS) is 1. The van der Waals surface area contributed by atoms with Crippen LogP contribution in [0, 0.1) is 6.92 Å². The molecular weight excluding hydrogens is 270 g/mol.